The van der Waals surface area contributed by atoms with Crippen LogP contribution in [0.1, 0.15) is 36.2 Å². The number of aryl methyl sites for hydroxylation is 1. The number of aliphatic hydroxyl groups is 1. The van der Waals surface area contributed by atoms with Gasteiger partial charge in [-0.25, -0.2) is 4.98 Å². The van der Waals surface area contributed by atoms with Crippen molar-refractivity contribution < 1.29 is 9.84 Å². The molecule has 0 bridgehead atoms. The van der Waals surface area contributed by atoms with Crippen LogP contribution in [0.4, 0.5) is 5.95 Å². The standard InChI is InChI=1S/C18H22ClN5O2/c1-9-11(6-21-10(2)14(9)26-5)7-24-8-12(18(3,4)25)13-15(19)22-17(20)23-16(13)24/h6,8,25H,7H2,1-5H3,(H2,20,22,23). The molecule has 0 amide bonds. The number of halogens is 1. The molecule has 0 fully saturated rings. The Morgan fingerprint density at radius 3 is 2.62 bits per heavy atom. The summed E-state index contributed by atoms with van der Waals surface area (Å²) in [4.78, 5) is 12.8. The first-order valence-corrected chi connectivity index (χ1v) is 8.55. The molecule has 3 aromatic heterocycles. The lowest BCUT2D eigenvalue weighted by Gasteiger charge is -2.16. The number of nitrogens with two attached hydrogens (primary N) is 1. The summed E-state index contributed by atoms with van der Waals surface area (Å²) in [6, 6.07) is 0. The van der Waals surface area contributed by atoms with E-state index in [1.165, 1.54) is 0 Å². The molecule has 0 saturated heterocycles. The molecule has 0 saturated carbocycles. The molecule has 3 aromatic rings. The fourth-order valence-corrected chi connectivity index (χ4v) is 3.41. The Kier molecular flexibility index (Phi) is 4.54. The number of hydrogen-bond acceptors (Lipinski definition) is 6. The zero-order valence-corrected chi connectivity index (χ0v) is 16.2. The van der Waals surface area contributed by atoms with E-state index in [4.69, 9.17) is 22.1 Å². The molecular weight excluding hydrogens is 354 g/mol. The molecule has 0 spiro atoms. The molecule has 3 N–H and O–H groups in total. The topological polar surface area (TPSA) is 99.1 Å². The average molecular weight is 376 g/mol. The Balaban J connectivity index is 2.21. The summed E-state index contributed by atoms with van der Waals surface area (Å²) in [5, 5.41) is 11.4. The van der Waals surface area contributed by atoms with Gasteiger partial charge in [0, 0.05) is 18.0 Å². The SMILES string of the molecule is COc1c(C)ncc(Cn2cc(C(C)(C)O)c3c(Cl)nc(N)nc32)c1C. The number of ether oxygens (including phenoxy) is 1. The fraction of sp³-hybridized carbons (Fsp3) is 0.389. The second-order valence-corrected chi connectivity index (χ2v) is 7.19. The first kappa shape index (κ1) is 18.4. The lowest BCUT2D eigenvalue weighted by molar-refractivity contribution is 0.0800. The van der Waals surface area contributed by atoms with Crippen molar-refractivity contribution in [2.75, 3.05) is 12.8 Å². The molecule has 0 aliphatic rings. The molecule has 0 aromatic carbocycles. The number of aromatic nitrogens is 4. The summed E-state index contributed by atoms with van der Waals surface area (Å²) in [6.07, 6.45) is 3.64. The normalized spacial score (nSPS) is 12.0. The van der Waals surface area contributed by atoms with E-state index < -0.39 is 5.60 Å². The molecule has 3 rings (SSSR count). The van der Waals surface area contributed by atoms with Gasteiger partial charge in [0.15, 0.2) is 0 Å². The quantitative estimate of drug-likeness (QED) is 0.680. The Hall–Kier alpha value is -2.38. The first-order chi connectivity index (χ1) is 12.1. The Morgan fingerprint density at radius 1 is 1.31 bits per heavy atom. The highest BCUT2D eigenvalue weighted by Gasteiger charge is 2.26. The predicted molar refractivity (Wildman–Crippen MR) is 102 cm³/mol. The van der Waals surface area contributed by atoms with Crippen molar-refractivity contribution in [3.8, 4) is 5.75 Å². The summed E-state index contributed by atoms with van der Waals surface area (Å²) in [6.45, 7) is 7.76. The third kappa shape index (κ3) is 3.08. The first-order valence-electron chi connectivity index (χ1n) is 8.17. The largest absolute Gasteiger partial charge is 0.495 e. The zero-order chi connectivity index (χ0) is 19.2. The molecule has 0 aliphatic carbocycles. The minimum absolute atomic E-state index is 0.0838. The van der Waals surface area contributed by atoms with Crippen molar-refractivity contribution >= 4 is 28.6 Å². The van der Waals surface area contributed by atoms with Gasteiger partial charge in [-0.1, -0.05) is 11.6 Å². The summed E-state index contributed by atoms with van der Waals surface area (Å²) >= 11 is 6.30. The highest BCUT2D eigenvalue weighted by Crippen LogP contribution is 2.34. The molecule has 3 heterocycles. The van der Waals surface area contributed by atoms with Gasteiger partial charge in [0.2, 0.25) is 5.95 Å². The van der Waals surface area contributed by atoms with Gasteiger partial charge in [-0.05, 0) is 38.8 Å². The van der Waals surface area contributed by atoms with E-state index in [0.717, 1.165) is 22.6 Å². The minimum atomic E-state index is -1.11. The number of rotatable bonds is 4. The third-order valence-corrected chi connectivity index (χ3v) is 4.73. The van der Waals surface area contributed by atoms with Gasteiger partial charge in [-0.15, -0.1) is 0 Å². The van der Waals surface area contributed by atoms with Crippen molar-refractivity contribution in [3.05, 3.63) is 39.9 Å². The van der Waals surface area contributed by atoms with Gasteiger partial charge in [0.25, 0.3) is 0 Å². The summed E-state index contributed by atoms with van der Waals surface area (Å²) in [5.41, 5.74) is 8.69. The molecule has 0 radical (unpaired) electrons. The maximum absolute atomic E-state index is 10.5. The third-order valence-electron chi connectivity index (χ3n) is 4.46. The van der Waals surface area contributed by atoms with E-state index in [-0.39, 0.29) is 11.1 Å². The second kappa shape index (κ2) is 6.41. The second-order valence-electron chi connectivity index (χ2n) is 6.83. The number of fused-ring (bicyclic) bond motifs is 1. The summed E-state index contributed by atoms with van der Waals surface area (Å²) in [5.74, 6) is 0.842. The van der Waals surface area contributed by atoms with Gasteiger partial charge >= 0.3 is 0 Å². The minimum Gasteiger partial charge on any atom is -0.495 e. The van der Waals surface area contributed by atoms with Crippen LogP contribution in [0.25, 0.3) is 11.0 Å². The van der Waals surface area contributed by atoms with E-state index in [2.05, 4.69) is 15.0 Å². The van der Waals surface area contributed by atoms with Crippen LogP contribution in [-0.2, 0) is 12.1 Å². The van der Waals surface area contributed by atoms with Crippen molar-refractivity contribution in [1.82, 2.24) is 19.5 Å². The van der Waals surface area contributed by atoms with E-state index >= 15 is 0 Å². The van der Waals surface area contributed by atoms with Crippen LogP contribution in [-0.4, -0.2) is 31.7 Å². The maximum Gasteiger partial charge on any atom is 0.223 e. The van der Waals surface area contributed by atoms with Gasteiger partial charge in [-0.2, -0.15) is 4.98 Å². The van der Waals surface area contributed by atoms with Crippen LogP contribution in [0.5, 0.6) is 5.75 Å². The lowest BCUT2D eigenvalue weighted by Crippen LogP contribution is -2.15. The van der Waals surface area contributed by atoms with Crippen molar-refractivity contribution in [1.29, 1.82) is 0 Å². The van der Waals surface area contributed by atoms with Gasteiger partial charge < -0.3 is 20.1 Å². The Morgan fingerprint density at radius 2 is 2.00 bits per heavy atom. The van der Waals surface area contributed by atoms with Crippen molar-refractivity contribution in [3.63, 3.8) is 0 Å². The summed E-state index contributed by atoms with van der Waals surface area (Å²) in [7, 11) is 1.63. The van der Waals surface area contributed by atoms with E-state index in [9.17, 15) is 5.11 Å². The smallest absolute Gasteiger partial charge is 0.223 e. The molecule has 0 unspecified atom stereocenters. The maximum atomic E-state index is 10.5. The molecular formula is C18H22ClN5O2. The van der Waals surface area contributed by atoms with E-state index in [1.54, 1.807) is 21.0 Å². The van der Waals surface area contributed by atoms with Crippen LogP contribution < -0.4 is 10.5 Å². The highest BCUT2D eigenvalue weighted by molar-refractivity contribution is 6.34. The Labute approximate surface area is 156 Å². The van der Waals surface area contributed by atoms with Crippen molar-refractivity contribution in [2.45, 2.75) is 39.8 Å². The highest BCUT2D eigenvalue weighted by atomic mass is 35.5. The van der Waals surface area contributed by atoms with Crippen molar-refractivity contribution in [2.24, 2.45) is 0 Å². The number of nitrogen functional groups attached to an aromatic ring is 1. The van der Waals surface area contributed by atoms with E-state index in [1.807, 2.05) is 30.8 Å². The number of methoxy groups -OCH3 is 1. The van der Waals surface area contributed by atoms with Crippen LogP contribution in [0.15, 0.2) is 12.4 Å². The van der Waals surface area contributed by atoms with Crippen LogP contribution in [0.2, 0.25) is 5.15 Å². The molecule has 138 valence electrons. The lowest BCUT2D eigenvalue weighted by atomic mass is 9.99. The summed E-state index contributed by atoms with van der Waals surface area (Å²) < 4.78 is 7.35. The van der Waals surface area contributed by atoms with Gasteiger partial charge in [-0.3, -0.25) is 4.98 Å². The van der Waals surface area contributed by atoms with Crippen LogP contribution in [0, 0.1) is 13.8 Å². The number of anilines is 1. The van der Waals surface area contributed by atoms with Crippen LogP contribution >= 0.6 is 11.6 Å². The monoisotopic (exact) mass is 375 g/mol. The fourth-order valence-electron chi connectivity index (χ4n) is 3.13. The van der Waals surface area contributed by atoms with Crippen LogP contribution in [0.3, 0.4) is 0 Å². The zero-order valence-electron chi connectivity index (χ0n) is 15.5. The number of hydrogen-bond donors (Lipinski definition) is 2. The molecule has 26 heavy (non-hydrogen) atoms. The molecule has 0 atom stereocenters. The Bertz CT molecular complexity index is 992. The predicted octanol–water partition coefficient (Wildman–Crippen LogP) is 2.96. The van der Waals surface area contributed by atoms with E-state index in [0.29, 0.717) is 23.1 Å². The molecule has 0 aliphatic heterocycles. The van der Waals surface area contributed by atoms with Gasteiger partial charge in [0.1, 0.15) is 16.5 Å². The van der Waals surface area contributed by atoms with Gasteiger partial charge in [0.05, 0.1) is 30.3 Å². The number of nitrogens with zero attached hydrogens (tertiary/aromatic N) is 4. The average Bonchev–Trinajstić information content (AvgIpc) is 2.90. The molecule has 7 nitrogen and oxygen atoms in total. The molecule has 8 heteroatoms. The number of pyridine rings is 1.